The maximum Gasteiger partial charge on any atom is 0.277 e. The second kappa shape index (κ2) is 5.53. The Morgan fingerprint density at radius 3 is 2.78 bits per heavy atom. The first kappa shape index (κ1) is 14.0. The summed E-state index contributed by atoms with van der Waals surface area (Å²) in [4.78, 5) is 21.5. The zero-order valence-electron chi connectivity index (χ0n) is 13.1. The third-order valence-corrected chi connectivity index (χ3v) is 4.34. The van der Waals surface area contributed by atoms with E-state index in [2.05, 4.69) is 51.6 Å². The van der Waals surface area contributed by atoms with E-state index in [0.29, 0.717) is 18.3 Å². The monoisotopic (exact) mass is 309 g/mol. The lowest BCUT2D eigenvalue weighted by Gasteiger charge is -2.12. The van der Waals surface area contributed by atoms with Crippen LogP contribution in [0.2, 0.25) is 0 Å². The molecular formula is C17H19N5O. The molecule has 23 heavy (non-hydrogen) atoms. The molecule has 1 aliphatic rings. The maximum atomic E-state index is 12.5. The Morgan fingerprint density at radius 2 is 1.96 bits per heavy atom. The fourth-order valence-electron chi connectivity index (χ4n) is 3.02. The van der Waals surface area contributed by atoms with Crippen LogP contribution < -0.4 is 10.9 Å². The van der Waals surface area contributed by atoms with Gasteiger partial charge in [-0.2, -0.15) is 9.50 Å². The zero-order chi connectivity index (χ0) is 15.8. The number of fused-ring (bicyclic) bond motifs is 2. The highest BCUT2D eigenvalue weighted by Gasteiger charge is 2.18. The molecule has 0 unspecified atom stereocenters. The molecule has 0 fully saturated rings. The van der Waals surface area contributed by atoms with Crippen molar-refractivity contribution in [1.29, 1.82) is 0 Å². The van der Waals surface area contributed by atoms with Crippen molar-refractivity contribution in [3.05, 3.63) is 57.0 Å². The van der Waals surface area contributed by atoms with Crippen LogP contribution in [-0.4, -0.2) is 19.6 Å². The van der Waals surface area contributed by atoms with E-state index in [-0.39, 0.29) is 5.56 Å². The van der Waals surface area contributed by atoms with Gasteiger partial charge in [-0.25, -0.2) is 4.98 Å². The smallest absolute Gasteiger partial charge is 0.277 e. The Labute approximate surface area is 133 Å². The number of nitrogens with one attached hydrogen (secondary N) is 2. The first-order chi connectivity index (χ1) is 11.2. The molecule has 2 aromatic heterocycles. The highest BCUT2D eigenvalue weighted by molar-refractivity contribution is 5.40. The number of hydrogen-bond donors (Lipinski definition) is 2. The van der Waals surface area contributed by atoms with Gasteiger partial charge in [0.1, 0.15) is 0 Å². The summed E-state index contributed by atoms with van der Waals surface area (Å²) in [6.45, 7) is 2.71. The van der Waals surface area contributed by atoms with Crippen molar-refractivity contribution in [2.24, 2.45) is 0 Å². The average Bonchev–Trinajstić information content (AvgIpc) is 2.98. The van der Waals surface area contributed by atoms with Gasteiger partial charge in [0.15, 0.2) is 0 Å². The molecule has 0 saturated heterocycles. The third-order valence-electron chi connectivity index (χ3n) is 4.34. The van der Waals surface area contributed by atoms with Crippen LogP contribution in [0, 0.1) is 6.92 Å². The highest BCUT2D eigenvalue weighted by atomic mass is 16.1. The van der Waals surface area contributed by atoms with E-state index in [1.54, 1.807) is 0 Å². The summed E-state index contributed by atoms with van der Waals surface area (Å²) >= 11 is 0. The van der Waals surface area contributed by atoms with Crippen LogP contribution in [0.3, 0.4) is 0 Å². The average molecular weight is 309 g/mol. The minimum Gasteiger partial charge on any atom is -0.351 e. The van der Waals surface area contributed by atoms with Crippen molar-refractivity contribution in [3.8, 4) is 0 Å². The lowest BCUT2D eigenvalue weighted by molar-refractivity contribution is 0.650. The molecule has 0 spiro atoms. The summed E-state index contributed by atoms with van der Waals surface area (Å²) in [6, 6.07) is 8.31. The van der Waals surface area contributed by atoms with E-state index in [1.807, 2.05) is 0 Å². The summed E-state index contributed by atoms with van der Waals surface area (Å²) in [5, 5.41) is 6.24. The van der Waals surface area contributed by atoms with Gasteiger partial charge >= 0.3 is 0 Å². The molecule has 4 rings (SSSR count). The lowest BCUT2D eigenvalue weighted by atomic mass is 9.97. The standard InChI is InChI=1S/C17H19N5O/c1-11-6-8-12(9-7-11)10-18-16-20-17-19-14-5-3-2-4-13(14)15(23)22(17)21-16/h6-9H,2-5,10H2,1H3,(H2,18,19,20,21). The van der Waals surface area contributed by atoms with Crippen LogP contribution in [0.4, 0.5) is 5.95 Å². The summed E-state index contributed by atoms with van der Waals surface area (Å²) in [7, 11) is 0. The summed E-state index contributed by atoms with van der Waals surface area (Å²) in [6.07, 6.45) is 3.84. The van der Waals surface area contributed by atoms with E-state index < -0.39 is 0 Å². The molecule has 1 aliphatic carbocycles. The van der Waals surface area contributed by atoms with E-state index >= 15 is 0 Å². The molecule has 6 heteroatoms. The number of nitrogens with zero attached hydrogens (tertiary/aromatic N) is 3. The molecule has 0 radical (unpaired) electrons. The number of hydrogen-bond acceptors (Lipinski definition) is 4. The number of rotatable bonds is 3. The van der Waals surface area contributed by atoms with Gasteiger partial charge < -0.3 is 5.32 Å². The number of anilines is 1. The first-order valence-electron chi connectivity index (χ1n) is 8.00. The topological polar surface area (TPSA) is 75.1 Å². The first-order valence-corrected chi connectivity index (χ1v) is 8.00. The van der Waals surface area contributed by atoms with Crippen LogP contribution in [0.15, 0.2) is 29.1 Å². The number of benzene rings is 1. The Balaban J connectivity index is 1.62. The molecule has 0 aliphatic heterocycles. The molecule has 0 atom stereocenters. The van der Waals surface area contributed by atoms with Gasteiger partial charge in [0, 0.05) is 12.1 Å². The molecule has 0 bridgehead atoms. The number of aromatic amines is 1. The van der Waals surface area contributed by atoms with E-state index in [0.717, 1.165) is 42.5 Å². The molecule has 0 amide bonds. The quantitative estimate of drug-likeness (QED) is 0.778. The van der Waals surface area contributed by atoms with Crippen molar-refractivity contribution in [3.63, 3.8) is 0 Å². The van der Waals surface area contributed by atoms with E-state index in [1.165, 1.54) is 10.1 Å². The minimum atomic E-state index is -0.0133. The van der Waals surface area contributed by atoms with Crippen LogP contribution >= 0.6 is 0 Å². The number of H-pyrrole nitrogens is 1. The molecule has 1 aromatic carbocycles. The Bertz CT molecular complexity index is 907. The van der Waals surface area contributed by atoms with Gasteiger partial charge in [0.05, 0.1) is 5.69 Å². The molecular weight excluding hydrogens is 290 g/mol. The summed E-state index contributed by atoms with van der Waals surface area (Å²) < 4.78 is 1.45. The molecule has 6 nitrogen and oxygen atoms in total. The van der Waals surface area contributed by atoms with Crippen LogP contribution in [0.1, 0.15) is 35.2 Å². The van der Waals surface area contributed by atoms with Crippen molar-refractivity contribution >= 4 is 11.7 Å². The fourth-order valence-corrected chi connectivity index (χ4v) is 3.02. The third kappa shape index (κ3) is 2.60. The predicted octanol–water partition coefficient (Wildman–Crippen LogP) is 2.22. The van der Waals surface area contributed by atoms with E-state index in [9.17, 15) is 4.79 Å². The van der Waals surface area contributed by atoms with Crippen LogP contribution in [0.25, 0.3) is 5.78 Å². The number of aryl methyl sites for hydroxylation is 2. The lowest BCUT2D eigenvalue weighted by Crippen LogP contribution is -2.25. The highest BCUT2D eigenvalue weighted by Crippen LogP contribution is 2.17. The van der Waals surface area contributed by atoms with Gasteiger partial charge in [-0.1, -0.05) is 29.8 Å². The molecule has 3 aromatic rings. The normalized spacial score (nSPS) is 14.0. The molecule has 0 saturated carbocycles. The predicted molar refractivity (Wildman–Crippen MR) is 88.8 cm³/mol. The molecule has 2 N–H and O–H groups in total. The van der Waals surface area contributed by atoms with Crippen LogP contribution in [-0.2, 0) is 19.4 Å². The van der Waals surface area contributed by atoms with Gasteiger partial charge in [-0.3, -0.25) is 9.89 Å². The maximum absolute atomic E-state index is 12.5. The Morgan fingerprint density at radius 1 is 1.17 bits per heavy atom. The summed E-state index contributed by atoms with van der Waals surface area (Å²) in [5.74, 6) is 1.01. The Hall–Kier alpha value is -2.63. The van der Waals surface area contributed by atoms with Crippen molar-refractivity contribution in [1.82, 2.24) is 19.6 Å². The van der Waals surface area contributed by atoms with Gasteiger partial charge in [0.2, 0.25) is 5.95 Å². The zero-order valence-corrected chi connectivity index (χ0v) is 13.1. The van der Waals surface area contributed by atoms with Crippen molar-refractivity contribution in [2.75, 3.05) is 5.32 Å². The van der Waals surface area contributed by atoms with Gasteiger partial charge in [-0.15, -0.1) is 0 Å². The molecule has 2 heterocycles. The minimum absolute atomic E-state index is 0.0133. The molecule has 118 valence electrons. The fraction of sp³-hybridized carbons (Fsp3) is 0.353. The van der Waals surface area contributed by atoms with Crippen molar-refractivity contribution in [2.45, 2.75) is 39.2 Å². The summed E-state index contributed by atoms with van der Waals surface area (Å²) in [5.41, 5.74) is 4.13. The number of aromatic nitrogens is 4. The van der Waals surface area contributed by atoms with E-state index in [4.69, 9.17) is 0 Å². The van der Waals surface area contributed by atoms with Gasteiger partial charge in [0.25, 0.3) is 11.3 Å². The van der Waals surface area contributed by atoms with Crippen molar-refractivity contribution < 1.29 is 0 Å². The SMILES string of the molecule is Cc1ccc(CNc2nc3nc4c(c(=O)n3[nH]2)CCCC4)cc1. The second-order valence-corrected chi connectivity index (χ2v) is 6.10. The van der Waals surface area contributed by atoms with Crippen LogP contribution in [0.5, 0.6) is 0 Å². The Kier molecular flexibility index (Phi) is 3.37. The second-order valence-electron chi connectivity index (χ2n) is 6.10. The van der Waals surface area contributed by atoms with Gasteiger partial charge in [-0.05, 0) is 38.2 Å². The largest absolute Gasteiger partial charge is 0.351 e.